The zero-order chi connectivity index (χ0) is 12.3. The fraction of sp³-hybridized carbons (Fsp3) is 0.200. The molecule has 2 unspecified atom stereocenters. The van der Waals surface area contributed by atoms with E-state index in [2.05, 4.69) is 15.2 Å². The lowest BCUT2D eigenvalue weighted by atomic mass is 10.1. The Hall–Kier alpha value is -2.12. The van der Waals surface area contributed by atoms with Gasteiger partial charge in [0.2, 0.25) is 5.66 Å². The van der Waals surface area contributed by atoms with Crippen LogP contribution in [0.3, 0.4) is 0 Å². The smallest absolute Gasteiger partial charge is 0.258 e. The van der Waals surface area contributed by atoms with Crippen molar-refractivity contribution in [1.29, 1.82) is 0 Å². The minimum absolute atomic E-state index is 0.544. The summed E-state index contributed by atoms with van der Waals surface area (Å²) in [5, 5.41) is 19.1. The van der Waals surface area contributed by atoms with Crippen molar-refractivity contribution < 1.29 is 4.74 Å². The monoisotopic (exact) mass is 232 g/mol. The zero-order valence-corrected chi connectivity index (χ0v) is 8.97. The summed E-state index contributed by atoms with van der Waals surface area (Å²) >= 11 is 0. The normalized spacial score (nSPS) is 28.4. The highest BCUT2D eigenvalue weighted by Crippen LogP contribution is 2.17. The molecule has 1 aromatic heterocycles. The summed E-state index contributed by atoms with van der Waals surface area (Å²) in [4.78, 5) is 3.88. The van der Waals surface area contributed by atoms with Gasteiger partial charge in [0, 0.05) is 12.3 Å². The van der Waals surface area contributed by atoms with E-state index < -0.39 is 11.8 Å². The molecular weight excluding hydrogens is 220 g/mol. The first-order valence-corrected chi connectivity index (χ1v) is 4.97. The van der Waals surface area contributed by atoms with E-state index in [0.29, 0.717) is 10.4 Å². The molecule has 0 fully saturated rings. The van der Waals surface area contributed by atoms with Gasteiger partial charge in [0.1, 0.15) is 5.69 Å². The summed E-state index contributed by atoms with van der Waals surface area (Å²) in [7, 11) is 0. The van der Waals surface area contributed by atoms with E-state index in [0.717, 1.165) is 0 Å². The summed E-state index contributed by atoms with van der Waals surface area (Å²) in [5.41, 5.74) is 10.8. The van der Waals surface area contributed by atoms with Gasteiger partial charge in [-0.3, -0.25) is 16.5 Å². The number of hydrogen-bond donors (Lipinski definition) is 2. The van der Waals surface area contributed by atoms with Gasteiger partial charge in [-0.25, -0.2) is 0 Å². The average molecular weight is 232 g/mol. The van der Waals surface area contributed by atoms with Crippen molar-refractivity contribution in [3.63, 3.8) is 0 Å². The van der Waals surface area contributed by atoms with Gasteiger partial charge < -0.3 is 5.21 Å². The predicted octanol–water partition coefficient (Wildman–Crippen LogP) is 0.256. The number of nitrogens with zero attached hydrogens (tertiary/aromatic N) is 4. The Morgan fingerprint density at radius 3 is 3.06 bits per heavy atom. The molecule has 2 heterocycles. The van der Waals surface area contributed by atoms with Crippen molar-refractivity contribution in [2.75, 3.05) is 0 Å². The van der Waals surface area contributed by atoms with E-state index in [1.165, 1.54) is 24.6 Å². The van der Waals surface area contributed by atoms with E-state index >= 15 is 0 Å². The van der Waals surface area contributed by atoms with Crippen LogP contribution in [0.5, 0.6) is 0 Å². The SMILES string of the molecule is NC1[N+]([O-])=CC=CC1(N)/N=N/c1cccnc1. The average Bonchev–Trinajstić information content (AvgIpc) is 2.35. The molecule has 0 radical (unpaired) electrons. The lowest BCUT2D eigenvalue weighted by Crippen LogP contribution is -2.58. The Balaban J connectivity index is 2.21. The number of azo groups is 1. The van der Waals surface area contributed by atoms with Crippen LogP contribution in [0, 0.1) is 5.21 Å². The number of hydrogen-bond acceptors (Lipinski definition) is 6. The van der Waals surface area contributed by atoms with Crippen LogP contribution in [0.1, 0.15) is 0 Å². The molecule has 7 heteroatoms. The van der Waals surface area contributed by atoms with Gasteiger partial charge in [0.15, 0.2) is 6.21 Å². The molecule has 2 rings (SSSR count). The standard InChI is InChI=1S/C10H12N6O/c11-9-10(12,4-2-6-16(9)17)15-14-8-3-1-5-13-7-8/h1-7,9H,11-12H2/b15-14+. The highest BCUT2D eigenvalue weighted by molar-refractivity contribution is 5.67. The van der Waals surface area contributed by atoms with Gasteiger partial charge in [-0.2, -0.15) is 15.0 Å². The van der Waals surface area contributed by atoms with Gasteiger partial charge in [0.25, 0.3) is 6.17 Å². The van der Waals surface area contributed by atoms with Gasteiger partial charge >= 0.3 is 0 Å². The predicted molar refractivity (Wildman–Crippen MR) is 62.5 cm³/mol. The molecule has 7 nitrogen and oxygen atoms in total. The summed E-state index contributed by atoms with van der Waals surface area (Å²) in [6.07, 6.45) is 6.48. The van der Waals surface area contributed by atoms with Crippen LogP contribution in [0.4, 0.5) is 5.69 Å². The third-order valence-electron chi connectivity index (χ3n) is 2.33. The van der Waals surface area contributed by atoms with Crippen molar-refractivity contribution in [3.8, 4) is 0 Å². The maximum Gasteiger partial charge on any atom is 0.258 e. The molecule has 17 heavy (non-hydrogen) atoms. The van der Waals surface area contributed by atoms with Crippen LogP contribution >= 0.6 is 0 Å². The first-order valence-electron chi connectivity index (χ1n) is 4.97. The lowest BCUT2D eigenvalue weighted by Gasteiger charge is -2.26. The van der Waals surface area contributed by atoms with Crippen LogP contribution < -0.4 is 11.5 Å². The van der Waals surface area contributed by atoms with Crippen LogP contribution in [0.2, 0.25) is 0 Å². The molecule has 0 spiro atoms. The molecule has 0 saturated heterocycles. The van der Waals surface area contributed by atoms with Crippen LogP contribution in [0.25, 0.3) is 0 Å². The Morgan fingerprint density at radius 2 is 2.35 bits per heavy atom. The quantitative estimate of drug-likeness (QED) is 0.432. The summed E-state index contributed by atoms with van der Waals surface area (Å²) in [6, 6.07) is 3.45. The molecule has 0 aromatic carbocycles. The number of hydroxylamine groups is 1. The van der Waals surface area contributed by atoms with Crippen LogP contribution in [0.15, 0.2) is 46.9 Å². The van der Waals surface area contributed by atoms with Gasteiger partial charge in [-0.1, -0.05) is 0 Å². The van der Waals surface area contributed by atoms with Gasteiger partial charge in [-0.15, -0.1) is 0 Å². The Bertz CT molecular complexity index is 483. The van der Waals surface area contributed by atoms with E-state index in [9.17, 15) is 5.21 Å². The zero-order valence-electron chi connectivity index (χ0n) is 8.97. The fourth-order valence-electron chi connectivity index (χ4n) is 1.33. The molecular formula is C10H12N6O. The number of aromatic nitrogens is 1. The number of rotatable bonds is 2. The van der Waals surface area contributed by atoms with Gasteiger partial charge in [0.05, 0.1) is 6.20 Å². The molecule has 2 atom stereocenters. The number of pyridine rings is 1. The molecule has 4 N–H and O–H groups in total. The Labute approximate surface area is 97.8 Å². The van der Waals surface area contributed by atoms with E-state index in [-0.39, 0.29) is 0 Å². The maximum absolute atomic E-state index is 11.3. The van der Waals surface area contributed by atoms with Crippen molar-refractivity contribution >= 4 is 11.9 Å². The summed E-state index contributed by atoms with van der Waals surface area (Å²) in [6.45, 7) is 0. The highest BCUT2D eigenvalue weighted by atomic mass is 16.5. The Morgan fingerprint density at radius 1 is 1.53 bits per heavy atom. The van der Waals surface area contributed by atoms with Crippen molar-refractivity contribution in [2.45, 2.75) is 11.8 Å². The number of nitrogens with two attached hydrogens (primary N) is 2. The molecule has 0 amide bonds. The first kappa shape index (κ1) is 11.4. The van der Waals surface area contributed by atoms with Crippen LogP contribution in [-0.4, -0.2) is 27.8 Å². The second-order valence-electron chi connectivity index (χ2n) is 3.61. The molecule has 1 aliphatic rings. The largest absolute Gasteiger partial charge is 0.622 e. The second-order valence-corrected chi connectivity index (χ2v) is 3.61. The molecule has 88 valence electrons. The minimum atomic E-state index is -1.33. The second kappa shape index (κ2) is 4.40. The van der Waals surface area contributed by atoms with Crippen molar-refractivity contribution in [1.82, 2.24) is 4.98 Å². The third-order valence-corrected chi connectivity index (χ3v) is 2.33. The van der Waals surface area contributed by atoms with Crippen molar-refractivity contribution in [2.24, 2.45) is 21.7 Å². The van der Waals surface area contributed by atoms with Crippen molar-refractivity contribution in [3.05, 3.63) is 41.9 Å². The molecule has 1 aliphatic heterocycles. The molecule has 0 saturated carbocycles. The Kier molecular flexibility index (Phi) is 2.94. The molecule has 1 aromatic rings. The topological polar surface area (TPSA) is 116 Å². The van der Waals surface area contributed by atoms with E-state index in [1.54, 1.807) is 18.3 Å². The summed E-state index contributed by atoms with van der Waals surface area (Å²) < 4.78 is 0.544. The lowest BCUT2D eigenvalue weighted by molar-refractivity contribution is -0.506. The van der Waals surface area contributed by atoms with E-state index in [4.69, 9.17) is 11.5 Å². The minimum Gasteiger partial charge on any atom is -0.622 e. The highest BCUT2D eigenvalue weighted by Gasteiger charge is 2.38. The van der Waals surface area contributed by atoms with Gasteiger partial charge in [-0.05, 0) is 18.2 Å². The first-order chi connectivity index (χ1) is 8.12. The molecule has 0 aliphatic carbocycles. The number of allylic oxidation sites excluding steroid dienone is 1. The third kappa shape index (κ3) is 2.35. The van der Waals surface area contributed by atoms with E-state index in [1.807, 2.05) is 0 Å². The van der Waals surface area contributed by atoms with Crippen LogP contribution in [-0.2, 0) is 0 Å². The maximum atomic E-state index is 11.3. The fourth-order valence-corrected chi connectivity index (χ4v) is 1.33. The molecule has 0 bridgehead atoms. The summed E-state index contributed by atoms with van der Waals surface area (Å²) in [5.74, 6) is 0.